The van der Waals surface area contributed by atoms with Crippen LogP contribution in [0.4, 0.5) is 32.0 Å². The number of halogens is 6. The van der Waals surface area contributed by atoms with Crippen molar-refractivity contribution < 1.29 is 35.9 Å². The number of amides is 2. The van der Waals surface area contributed by atoms with E-state index in [1.165, 1.54) is 6.07 Å². The van der Waals surface area contributed by atoms with E-state index >= 15 is 0 Å². The third-order valence-corrected chi connectivity index (χ3v) is 3.86. The number of alkyl halides is 3. The molecule has 0 aliphatic heterocycles. The molecule has 4 nitrogen and oxygen atoms in total. The highest BCUT2D eigenvalue weighted by atomic mass is 19.4. The first-order valence-electron chi connectivity index (χ1n) is 8.44. The van der Waals surface area contributed by atoms with Gasteiger partial charge < -0.3 is 10.2 Å². The van der Waals surface area contributed by atoms with Crippen LogP contribution in [0.1, 0.15) is 29.3 Å². The van der Waals surface area contributed by atoms with Gasteiger partial charge in [-0.25, -0.2) is 13.2 Å². The van der Waals surface area contributed by atoms with Crippen LogP contribution < -0.4 is 5.32 Å². The molecule has 0 atom stereocenters. The van der Waals surface area contributed by atoms with Crippen molar-refractivity contribution in [2.45, 2.75) is 19.5 Å². The third kappa shape index (κ3) is 5.49. The van der Waals surface area contributed by atoms with Gasteiger partial charge in [-0.3, -0.25) is 9.59 Å². The van der Waals surface area contributed by atoms with E-state index in [0.29, 0.717) is 18.6 Å². The van der Waals surface area contributed by atoms with E-state index in [0.717, 1.165) is 23.1 Å². The number of carbonyl (C=O) groups is 2. The average molecular weight is 418 g/mol. The first kappa shape index (κ1) is 22.3. The SMILES string of the molecule is CCCN(CC(=O)Nc1ccc(F)c(F)c1F)C(=O)c1cccc(C(F)(F)F)c1. The highest BCUT2D eigenvalue weighted by Crippen LogP contribution is 2.29. The topological polar surface area (TPSA) is 49.4 Å². The van der Waals surface area contributed by atoms with E-state index < -0.39 is 53.2 Å². The monoisotopic (exact) mass is 418 g/mol. The van der Waals surface area contributed by atoms with Crippen molar-refractivity contribution in [2.24, 2.45) is 0 Å². The molecule has 0 aliphatic rings. The maximum atomic E-state index is 13.7. The summed E-state index contributed by atoms with van der Waals surface area (Å²) < 4.78 is 78.4. The zero-order chi connectivity index (χ0) is 21.8. The van der Waals surface area contributed by atoms with Gasteiger partial charge in [0.05, 0.1) is 11.3 Å². The second kappa shape index (κ2) is 8.97. The zero-order valence-corrected chi connectivity index (χ0v) is 15.1. The number of hydrogen-bond acceptors (Lipinski definition) is 2. The van der Waals surface area contributed by atoms with Crippen molar-refractivity contribution in [3.05, 3.63) is 65.0 Å². The lowest BCUT2D eigenvalue weighted by molar-refractivity contribution is -0.137. The van der Waals surface area contributed by atoms with E-state index in [2.05, 4.69) is 0 Å². The summed E-state index contributed by atoms with van der Waals surface area (Å²) in [5, 5.41) is 2.01. The van der Waals surface area contributed by atoms with E-state index in [-0.39, 0.29) is 12.1 Å². The molecule has 10 heteroatoms. The summed E-state index contributed by atoms with van der Waals surface area (Å²) in [4.78, 5) is 25.7. The van der Waals surface area contributed by atoms with Gasteiger partial charge in [0.15, 0.2) is 17.5 Å². The van der Waals surface area contributed by atoms with E-state index in [4.69, 9.17) is 0 Å². The van der Waals surface area contributed by atoms with Crippen LogP contribution >= 0.6 is 0 Å². The van der Waals surface area contributed by atoms with Gasteiger partial charge in [-0.2, -0.15) is 13.2 Å². The molecule has 0 bridgehead atoms. The molecule has 2 aromatic rings. The number of carbonyl (C=O) groups excluding carboxylic acids is 2. The van der Waals surface area contributed by atoms with Crippen LogP contribution in [0.2, 0.25) is 0 Å². The van der Waals surface area contributed by atoms with Gasteiger partial charge >= 0.3 is 6.18 Å². The van der Waals surface area contributed by atoms with Gasteiger partial charge in [-0.1, -0.05) is 13.0 Å². The number of anilines is 1. The normalized spacial score (nSPS) is 11.3. The second-order valence-electron chi connectivity index (χ2n) is 6.08. The summed E-state index contributed by atoms with van der Waals surface area (Å²) in [6.07, 6.45) is -4.26. The Balaban J connectivity index is 2.18. The molecule has 2 amide bonds. The van der Waals surface area contributed by atoms with Crippen molar-refractivity contribution in [3.8, 4) is 0 Å². The summed E-state index contributed by atoms with van der Waals surface area (Å²) in [5.41, 5.74) is -1.93. The summed E-state index contributed by atoms with van der Waals surface area (Å²) in [7, 11) is 0. The van der Waals surface area contributed by atoms with Crippen LogP contribution in [0.3, 0.4) is 0 Å². The minimum Gasteiger partial charge on any atom is -0.329 e. The van der Waals surface area contributed by atoms with E-state index in [1.807, 2.05) is 5.32 Å². The van der Waals surface area contributed by atoms with Gasteiger partial charge in [0.2, 0.25) is 5.91 Å². The summed E-state index contributed by atoms with van der Waals surface area (Å²) >= 11 is 0. The maximum absolute atomic E-state index is 13.7. The first-order chi connectivity index (χ1) is 13.5. The number of nitrogens with zero attached hydrogens (tertiary/aromatic N) is 1. The maximum Gasteiger partial charge on any atom is 0.416 e. The molecule has 0 spiro atoms. The highest BCUT2D eigenvalue weighted by Gasteiger charge is 2.31. The summed E-state index contributed by atoms with van der Waals surface area (Å²) in [6, 6.07) is 5.14. The molecule has 156 valence electrons. The molecule has 2 aromatic carbocycles. The molecule has 0 radical (unpaired) electrons. The van der Waals surface area contributed by atoms with Gasteiger partial charge in [0, 0.05) is 12.1 Å². The molecule has 0 heterocycles. The Morgan fingerprint density at radius 2 is 1.72 bits per heavy atom. The Labute approximate surface area is 162 Å². The Kier molecular flexibility index (Phi) is 6.89. The fourth-order valence-corrected chi connectivity index (χ4v) is 2.52. The number of benzene rings is 2. The molecule has 0 unspecified atom stereocenters. The van der Waals surface area contributed by atoms with Crippen molar-refractivity contribution in [2.75, 3.05) is 18.4 Å². The van der Waals surface area contributed by atoms with Crippen LogP contribution in [0.15, 0.2) is 36.4 Å². The molecule has 29 heavy (non-hydrogen) atoms. The third-order valence-electron chi connectivity index (χ3n) is 3.86. The van der Waals surface area contributed by atoms with Crippen LogP contribution in [-0.4, -0.2) is 29.8 Å². The molecule has 0 saturated heterocycles. The second-order valence-corrected chi connectivity index (χ2v) is 6.08. The minimum absolute atomic E-state index is 0.0305. The average Bonchev–Trinajstić information content (AvgIpc) is 2.67. The summed E-state index contributed by atoms with van der Waals surface area (Å²) in [5.74, 6) is -6.58. The van der Waals surface area contributed by atoms with Gasteiger partial charge in [-0.05, 0) is 36.8 Å². The number of nitrogens with one attached hydrogen (secondary N) is 1. The lowest BCUT2D eigenvalue weighted by Gasteiger charge is -2.22. The standard InChI is InChI=1S/C19H16F6N2O2/c1-2-8-27(18(29)11-4-3-5-12(9-11)19(23,24)25)10-15(28)26-14-7-6-13(20)16(21)17(14)22/h3-7,9H,2,8,10H2,1H3,(H,26,28). The van der Waals surface area contributed by atoms with Gasteiger partial charge in [-0.15, -0.1) is 0 Å². The molecular formula is C19H16F6N2O2. The predicted octanol–water partition coefficient (Wildman–Crippen LogP) is 4.61. The van der Waals surface area contributed by atoms with Crippen molar-refractivity contribution >= 4 is 17.5 Å². The van der Waals surface area contributed by atoms with Crippen molar-refractivity contribution in [1.29, 1.82) is 0 Å². The Morgan fingerprint density at radius 1 is 1.03 bits per heavy atom. The quantitative estimate of drug-likeness (QED) is 0.550. The van der Waals surface area contributed by atoms with Gasteiger partial charge in [0.25, 0.3) is 5.91 Å². The molecule has 2 rings (SSSR count). The Bertz CT molecular complexity index is 914. The molecule has 1 N–H and O–H groups in total. The highest BCUT2D eigenvalue weighted by molar-refractivity contribution is 5.99. The fraction of sp³-hybridized carbons (Fsp3) is 0.263. The molecule has 0 saturated carbocycles. The molecular weight excluding hydrogens is 402 g/mol. The van der Waals surface area contributed by atoms with Crippen LogP contribution in [-0.2, 0) is 11.0 Å². The van der Waals surface area contributed by atoms with E-state index in [9.17, 15) is 35.9 Å². The molecule has 0 aliphatic carbocycles. The predicted molar refractivity (Wildman–Crippen MR) is 92.6 cm³/mol. The van der Waals surface area contributed by atoms with Crippen molar-refractivity contribution in [3.63, 3.8) is 0 Å². The smallest absolute Gasteiger partial charge is 0.329 e. The Hall–Kier alpha value is -3.04. The number of hydrogen-bond donors (Lipinski definition) is 1. The lowest BCUT2D eigenvalue weighted by atomic mass is 10.1. The lowest BCUT2D eigenvalue weighted by Crippen LogP contribution is -2.38. The zero-order valence-electron chi connectivity index (χ0n) is 15.1. The first-order valence-corrected chi connectivity index (χ1v) is 8.44. The fourth-order valence-electron chi connectivity index (χ4n) is 2.52. The largest absolute Gasteiger partial charge is 0.416 e. The van der Waals surface area contributed by atoms with Crippen LogP contribution in [0, 0.1) is 17.5 Å². The van der Waals surface area contributed by atoms with E-state index in [1.54, 1.807) is 6.92 Å². The van der Waals surface area contributed by atoms with Crippen LogP contribution in [0.25, 0.3) is 0 Å². The van der Waals surface area contributed by atoms with Crippen LogP contribution in [0.5, 0.6) is 0 Å². The number of rotatable bonds is 6. The molecule has 0 fully saturated rings. The van der Waals surface area contributed by atoms with Crippen molar-refractivity contribution in [1.82, 2.24) is 4.90 Å². The summed E-state index contributed by atoms with van der Waals surface area (Å²) in [6.45, 7) is 1.09. The molecule has 0 aromatic heterocycles. The minimum atomic E-state index is -4.65. The van der Waals surface area contributed by atoms with Gasteiger partial charge in [0.1, 0.15) is 6.54 Å². The Morgan fingerprint density at radius 3 is 2.34 bits per heavy atom.